The second-order valence-electron chi connectivity index (χ2n) is 5.98. The lowest BCUT2D eigenvalue weighted by molar-refractivity contribution is 0.0948. The zero-order valence-corrected chi connectivity index (χ0v) is 13.4. The molecular weight excluding hydrogens is 320 g/mol. The van der Waals surface area contributed by atoms with Gasteiger partial charge in [0.25, 0.3) is 11.5 Å². The molecule has 2 aromatic heterocycles. The Balaban J connectivity index is 1.42. The molecule has 2 heterocycles. The molecule has 25 heavy (non-hydrogen) atoms. The van der Waals surface area contributed by atoms with Crippen molar-refractivity contribution >= 4 is 5.91 Å². The molecule has 1 fully saturated rings. The van der Waals surface area contributed by atoms with E-state index in [4.69, 9.17) is 4.42 Å². The van der Waals surface area contributed by atoms with Gasteiger partial charge < -0.3 is 14.7 Å². The van der Waals surface area contributed by atoms with Crippen LogP contribution in [0.25, 0.3) is 11.5 Å². The third-order valence-electron chi connectivity index (χ3n) is 4.03. The van der Waals surface area contributed by atoms with E-state index in [0.29, 0.717) is 23.3 Å². The van der Waals surface area contributed by atoms with Crippen molar-refractivity contribution < 1.29 is 9.21 Å². The Morgan fingerprint density at radius 3 is 2.80 bits per heavy atom. The Morgan fingerprint density at radius 1 is 1.28 bits per heavy atom. The number of oxazole rings is 1. The number of carbonyl (C=O) groups is 1. The minimum absolute atomic E-state index is 0.00354. The maximum atomic E-state index is 12.2. The summed E-state index contributed by atoms with van der Waals surface area (Å²) in [6.45, 7) is 0.166. The number of aromatic nitrogens is 3. The van der Waals surface area contributed by atoms with E-state index in [2.05, 4.69) is 20.3 Å². The van der Waals surface area contributed by atoms with Gasteiger partial charge in [-0.15, -0.1) is 0 Å². The number of nitrogens with one attached hydrogen (secondary N) is 2. The summed E-state index contributed by atoms with van der Waals surface area (Å²) in [5.74, 6) is 0.986. The van der Waals surface area contributed by atoms with E-state index in [-0.39, 0.29) is 12.1 Å². The number of H-pyrrole nitrogens is 1. The molecule has 1 aliphatic rings. The molecule has 3 aromatic rings. The first-order chi connectivity index (χ1) is 12.2. The fourth-order valence-corrected chi connectivity index (χ4v) is 2.50. The summed E-state index contributed by atoms with van der Waals surface area (Å²) in [5.41, 5.74) is 1.01. The zero-order chi connectivity index (χ0) is 17.2. The van der Waals surface area contributed by atoms with Gasteiger partial charge in [-0.2, -0.15) is 0 Å². The molecule has 0 aliphatic heterocycles. The van der Waals surface area contributed by atoms with Crippen LogP contribution in [0.2, 0.25) is 0 Å². The van der Waals surface area contributed by atoms with E-state index >= 15 is 0 Å². The van der Waals surface area contributed by atoms with Crippen molar-refractivity contribution in [1.82, 2.24) is 20.3 Å². The number of carbonyl (C=O) groups excluding carboxylic acids is 1. The largest absolute Gasteiger partial charge is 0.444 e. The van der Waals surface area contributed by atoms with Gasteiger partial charge in [-0.3, -0.25) is 9.59 Å². The van der Waals surface area contributed by atoms with E-state index < -0.39 is 11.5 Å². The van der Waals surface area contributed by atoms with E-state index in [1.807, 2.05) is 30.3 Å². The van der Waals surface area contributed by atoms with Crippen LogP contribution in [-0.2, 0) is 6.54 Å². The van der Waals surface area contributed by atoms with Crippen molar-refractivity contribution in [2.45, 2.75) is 25.3 Å². The molecule has 7 heteroatoms. The van der Waals surface area contributed by atoms with Crippen molar-refractivity contribution in [3.8, 4) is 11.5 Å². The zero-order valence-electron chi connectivity index (χ0n) is 13.4. The molecule has 0 saturated heterocycles. The van der Waals surface area contributed by atoms with Gasteiger partial charge in [-0.05, 0) is 25.0 Å². The fraction of sp³-hybridized carbons (Fsp3) is 0.222. The predicted octanol–water partition coefficient (Wildman–Crippen LogP) is 2.23. The van der Waals surface area contributed by atoms with Gasteiger partial charge in [-0.25, -0.2) is 9.97 Å². The second kappa shape index (κ2) is 6.35. The summed E-state index contributed by atoms with van der Waals surface area (Å²) in [4.78, 5) is 35.4. The third kappa shape index (κ3) is 3.35. The molecule has 0 radical (unpaired) electrons. The highest BCUT2D eigenvalue weighted by atomic mass is 16.3. The Kier molecular flexibility index (Phi) is 3.89. The molecule has 1 saturated carbocycles. The van der Waals surface area contributed by atoms with Gasteiger partial charge in [0, 0.05) is 17.7 Å². The average Bonchev–Trinajstić information content (AvgIpc) is 3.38. The first kappa shape index (κ1) is 15.3. The minimum atomic E-state index is -0.486. The first-order valence-electron chi connectivity index (χ1n) is 8.08. The van der Waals surface area contributed by atoms with Crippen molar-refractivity contribution in [2.24, 2.45) is 0 Å². The second-order valence-corrected chi connectivity index (χ2v) is 5.98. The smallest absolute Gasteiger partial charge is 0.263 e. The molecule has 0 spiro atoms. The topological polar surface area (TPSA) is 101 Å². The molecule has 0 atom stereocenters. The Hall–Kier alpha value is -3.22. The number of benzene rings is 1. The van der Waals surface area contributed by atoms with Crippen LogP contribution in [0.15, 0.2) is 52.0 Å². The fourth-order valence-electron chi connectivity index (χ4n) is 2.50. The van der Waals surface area contributed by atoms with E-state index in [0.717, 1.165) is 18.4 Å². The molecule has 1 aromatic carbocycles. The van der Waals surface area contributed by atoms with E-state index in [1.54, 1.807) is 0 Å². The van der Waals surface area contributed by atoms with Crippen LogP contribution in [-0.4, -0.2) is 20.9 Å². The van der Waals surface area contributed by atoms with Crippen LogP contribution in [0, 0.1) is 0 Å². The van der Waals surface area contributed by atoms with Gasteiger partial charge in [0.1, 0.15) is 17.7 Å². The number of nitrogens with zero attached hydrogens (tertiary/aromatic N) is 2. The highest BCUT2D eigenvalue weighted by Crippen LogP contribution is 2.37. The number of hydrogen-bond donors (Lipinski definition) is 2. The van der Waals surface area contributed by atoms with Gasteiger partial charge in [-0.1, -0.05) is 18.2 Å². The van der Waals surface area contributed by atoms with Crippen LogP contribution in [0.5, 0.6) is 0 Å². The van der Waals surface area contributed by atoms with Crippen molar-refractivity contribution in [3.63, 3.8) is 0 Å². The minimum Gasteiger partial charge on any atom is -0.444 e. The summed E-state index contributed by atoms with van der Waals surface area (Å²) in [7, 11) is 0. The third-order valence-corrected chi connectivity index (χ3v) is 4.03. The van der Waals surface area contributed by atoms with Crippen molar-refractivity contribution in [3.05, 3.63) is 70.2 Å². The predicted molar refractivity (Wildman–Crippen MR) is 89.9 cm³/mol. The lowest BCUT2D eigenvalue weighted by atomic mass is 10.2. The first-order valence-corrected chi connectivity index (χ1v) is 8.08. The van der Waals surface area contributed by atoms with Gasteiger partial charge in [0.15, 0.2) is 0 Å². The monoisotopic (exact) mass is 336 g/mol. The molecule has 126 valence electrons. The van der Waals surface area contributed by atoms with Crippen LogP contribution < -0.4 is 10.9 Å². The standard InChI is InChI=1S/C18H16N4O3/c23-16(14-9-19-15(11-6-7-11)22-17(14)24)20-8-13-10-25-18(21-13)12-4-2-1-3-5-12/h1-5,9-11H,6-8H2,(H,20,23)(H,19,22,24). The lowest BCUT2D eigenvalue weighted by Crippen LogP contribution is -2.30. The summed E-state index contributed by atoms with van der Waals surface area (Å²) in [6.07, 6.45) is 4.89. The van der Waals surface area contributed by atoms with Crippen LogP contribution in [0.4, 0.5) is 0 Å². The number of rotatable bonds is 5. The number of aromatic amines is 1. The Bertz CT molecular complexity index is 958. The average molecular weight is 336 g/mol. The summed E-state index contributed by atoms with van der Waals surface area (Å²) in [6, 6.07) is 9.48. The highest BCUT2D eigenvalue weighted by molar-refractivity contribution is 5.93. The summed E-state index contributed by atoms with van der Waals surface area (Å²) < 4.78 is 5.42. The molecule has 0 unspecified atom stereocenters. The number of amides is 1. The molecule has 2 N–H and O–H groups in total. The molecule has 1 amide bonds. The van der Waals surface area contributed by atoms with E-state index in [9.17, 15) is 9.59 Å². The normalized spacial score (nSPS) is 13.6. The quantitative estimate of drug-likeness (QED) is 0.744. The van der Waals surface area contributed by atoms with Crippen LogP contribution >= 0.6 is 0 Å². The molecule has 1 aliphatic carbocycles. The molecule has 7 nitrogen and oxygen atoms in total. The SMILES string of the molecule is O=C(NCc1coc(-c2ccccc2)n1)c1cnc(C2CC2)[nH]c1=O. The molecule has 4 rings (SSSR count). The van der Waals surface area contributed by atoms with Crippen LogP contribution in [0.3, 0.4) is 0 Å². The van der Waals surface area contributed by atoms with Crippen molar-refractivity contribution in [1.29, 1.82) is 0 Å². The molecular formula is C18H16N4O3. The molecule has 0 bridgehead atoms. The Morgan fingerprint density at radius 2 is 2.08 bits per heavy atom. The van der Waals surface area contributed by atoms with Gasteiger partial charge >= 0.3 is 0 Å². The van der Waals surface area contributed by atoms with Gasteiger partial charge in [0.05, 0.1) is 12.2 Å². The van der Waals surface area contributed by atoms with Crippen molar-refractivity contribution in [2.75, 3.05) is 0 Å². The highest BCUT2D eigenvalue weighted by Gasteiger charge is 2.26. The summed E-state index contributed by atoms with van der Waals surface area (Å²) >= 11 is 0. The maximum absolute atomic E-state index is 12.2. The Labute approximate surface area is 143 Å². The van der Waals surface area contributed by atoms with Crippen LogP contribution in [0.1, 0.15) is 40.6 Å². The lowest BCUT2D eigenvalue weighted by Gasteiger charge is -2.03. The maximum Gasteiger partial charge on any atom is 0.263 e. The van der Waals surface area contributed by atoms with Gasteiger partial charge in [0.2, 0.25) is 5.89 Å². The van der Waals surface area contributed by atoms with E-state index in [1.165, 1.54) is 12.5 Å². The summed E-state index contributed by atoms with van der Waals surface area (Å²) in [5, 5.41) is 2.66. The number of hydrogen-bond acceptors (Lipinski definition) is 5.